The summed E-state index contributed by atoms with van der Waals surface area (Å²) < 4.78 is 5.27. The van der Waals surface area contributed by atoms with Gasteiger partial charge in [-0.05, 0) is 36.1 Å². The van der Waals surface area contributed by atoms with Crippen LogP contribution < -0.4 is 9.64 Å². The van der Waals surface area contributed by atoms with E-state index in [1.807, 2.05) is 47.4 Å². The van der Waals surface area contributed by atoms with E-state index >= 15 is 0 Å². The van der Waals surface area contributed by atoms with E-state index in [1.165, 1.54) is 0 Å². The summed E-state index contributed by atoms with van der Waals surface area (Å²) in [5.74, 6) is 1.99. The predicted molar refractivity (Wildman–Crippen MR) is 119 cm³/mol. The Bertz CT molecular complexity index is 970. The number of hydrogen-bond acceptors (Lipinski definition) is 4. The van der Waals surface area contributed by atoms with E-state index in [4.69, 9.17) is 4.74 Å². The number of nitrogens with zero attached hydrogens (tertiary/aromatic N) is 3. The van der Waals surface area contributed by atoms with E-state index < -0.39 is 0 Å². The highest BCUT2D eigenvalue weighted by molar-refractivity contribution is 5.76. The summed E-state index contributed by atoms with van der Waals surface area (Å²) in [6, 6.07) is 20.2. The number of aromatic nitrogens is 2. The topological polar surface area (TPSA) is 61.5 Å². The molecule has 0 aliphatic carbocycles. The number of ether oxygens (including phenoxy) is 1. The zero-order chi connectivity index (χ0) is 20.8. The Labute approximate surface area is 177 Å². The molecule has 156 valence electrons. The van der Waals surface area contributed by atoms with Crippen molar-refractivity contribution in [1.82, 2.24) is 15.1 Å². The third-order valence-corrected chi connectivity index (χ3v) is 5.58. The molecule has 6 nitrogen and oxygen atoms in total. The molecule has 1 amide bonds. The molecule has 4 rings (SSSR count). The highest BCUT2D eigenvalue weighted by atomic mass is 16.5. The molecule has 1 fully saturated rings. The van der Waals surface area contributed by atoms with Gasteiger partial charge in [-0.2, -0.15) is 5.10 Å². The van der Waals surface area contributed by atoms with Crippen LogP contribution in [0.3, 0.4) is 0 Å². The second-order valence-corrected chi connectivity index (χ2v) is 7.58. The number of benzene rings is 2. The van der Waals surface area contributed by atoms with E-state index in [0.717, 1.165) is 67.4 Å². The normalized spacial score (nSPS) is 14.4. The van der Waals surface area contributed by atoms with Crippen LogP contribution in [0.25, 0.3) is 11.3 Å². The average molecular weight is 405 g/mol. The van der Waals surface area contributed by atoms with E-state index in [1.54, 1.807) is 7.11 Å². The Morgan fingerprint density at radius 2 is 1.90 bits per heavy atom. The maximum Gasteiger partial charge on any atom is 0.222 e. The Balaban J connectivity index is 1.32. The molecule has 1 aliphatic rings. The molecule has 2 heterocycles. The van der Waals surface area contributed by atoms with Crippen molar-refractivity contribution in [3.05, 3.63) is 66.2 Å². The van der Waals surface area contributed by atoms with Gasteiger partial charge < -0.3 is 14.5 Å². The Morgan fingerprint density at radius 1 is 1.03 bits per heavy atom. The van der Waals surface area contributed by atoms with Gasteiger partial charge in [-0.25, -0.2) is 0 Å². The number of H-pyrrole nitrogens is 1. The van der Waals surface area contributed by atoms with Crippen LogP contribution in [0.2, 0.25) is 0 Å². The zero-order valence-electron chi connectivity index (χ0n) is 17.4. The van der Waals surface area contributed by atoms with Gasteiger partial charge in [-0.15, -0.1) is 0 Å². The summed E-state index contributed by atoms with van der Waals surface area (Å²) in [7, 11) is 1.66. The summed E-state index contributed by atoms with van der Waals surface area (Å²) in [5, 5.41) is 7.64. The monoisotopic (exact) mass is 404 g/mol. The fourth-order valence-electron chi connectivity index (χ4n) is 3.87. The third kappa shape index (κ3) is 4.82. The number of anilines is 1. The minimum atomic E-state index is 0.215. The Morgan fingerprint density at radius 3 is 2.73 bits per heavy atom. The van der Waals surface area contributed by atoms with Crippen LogP contribution in [0.15, 0.2) is 60.7 Å². The first-order valence-corrected chi connectivity index (χ1v) is 10.5. The Kier molecular flexibility index (Phi) is 6.32. The second-order valence-electron chi connectivity index (χ2n) is 7.58. The minimum absolute atomic E-state index is 0.215. The first-order chi connectivity index (χ1) is 14.7. The van der Waals surface area contributed by atoms with Crippen molar-refractivity contribution in [3.8, 4) is 17.0 Å². The summed E-state index contributed by atoms with van der Waals surface area (Å²) in [5.41, 5.74) is 3.27. The number of nitrogens with one attached hydrogen (secondary N) is 1. The van der Waals surface area contributed by atoms with E-state index in [9.17, 15) is 4.79 Å². The largest absolute Gasteiger partial charge is 0.497 e. The Hall–Kier alpha value is -3.28. The van der Waals surface area contributed by atoms with Gasteiger partial charge in [0.05, 0.1) is 12.8 Å². The van der Waals surface area contributed by atoms with Gasteiger partial charge in [-0.3, -0.25) is 9.89 Å². The molecule has 1 aromatic heterocycles. The molecule has 30 heavy (non-hydrogen) atoms. The molecule has 0 spiro atoms. The summed E-state index contributed by atoms with van der Waals surface area (Å²) >= 11 is 0. The molecule has 1 N–H and O–H groups in total. The zero-order valence-corrected chi connectivity index (χ0v) is 17.4. The van der Waals surface area contributed by atoms with Gasteiger partial charge in [-0.1, -0.05) is 42.5 Å². The summed E-state index contributed by atoms with van der Waals surface area (Å²) in [6.45, 7) is 3.22. The van der Waals surface area contributed by atoms with Gasteiger partial charge in [0.2, 0.25) is 5.91 Å². The van der Waals surface area contributed by atoms with Crippen molar-refractivity contribution >= 4 is 11.7 Å². The summed E-state index contributed by atoms with van der Waals surface area (Å²) in [6.07, 6.45) is 2.20. The molecule has 0 bridgehead atoms. The number of aromatic amines is 1. The SMILES string of the molecule is COc1cccc(CCC(=O)N2CCCN(c3cc(-c4ccccc4)[nH]n3)CC2)c1. The molecule has 0 saturated carbocycles. The van der Waals surface area contributed by atoms with Gasteiger partial charge in [0.15, 0.2) is 5.82 Å². The molecule has 3 aromatic rings. The van der Waals surface area contributed by atoms with Gasteiger partial charge in [0, 0.05) is 38.7 Å². The fourth-order valence-corrected chi connectivity index (χ4v) is 3.87. The number of rotatable bonds is 6. The van der Waals surface area contributed by atoms with Crippen molar-refractivity contribution in [3.63, 3.8) is 0 Å². The number of carbonyl (C=O) groups excluding carboxylic acids is 1. The van der Waals surface area contributed by atoms with Gasteiger partial charge in [0.25, 0.3) is 0 Å². The van der Waals surface area contributed by atoms with Crippen molar-refractivity contribution < 1.29 is 9.53 Å². The number of methoxy groups -OCH3 is 1. The van der Waals surface area contributed by atoms with E-state index in [-0.39, 0.29) is 5.91 Å². The van der Waals surface area contributed by atoms with Crippen molar-refractivity contribution in [2.45, 2.75) is 19.3 Å². The molecule has 2 aromatic carbocycles. The lowest BCUT2D eigenvalue weighted by molar-refractivity contribution is -0.130. The quantitative estimate of drug-likeness (QED) is 0.680. The lowest BCUT2D eigenvalue weighted by Crippen LogP contribution is -2.35. The first kappa shape index (κ1) is 20.0. The molecular weight excluding hydrogens is 376 g/mol. The van der Waals surface area contributed by atoms with Crippen LogP contribution >= 0.6 is 0 Å². The first-order valence-electron chi connectivity index (χ1n) is 10.5. The van der Waals surface area contributed by atoms with Crippen LogP contribution in [-0.2, 0) is 11.2 Å². The van der Waals surface area contributed by atoms with Crippen LogP contribution in [0.5, 0.6) is 5.75 Å². The second kappa shape index (κ2) is 9.48. The number of amides is 1. The maximum atomic E-state index is 12.8. The number of carbonyl (C=O) groups is 1. The van der Waals surface area contributed by atoms with Crippen LogP contribution in [0.4, 0.5) is 5.82 Å². The fraction of sp³-hybridized carbons (Fsp3) is 0.333. The number of aryl methyl sites for hydroxylation is 1. The van der Waals surface area contributed by atoms with Gasteiger partial charge in [0.1, 0.15) is 5.75 Å². The lowest BCUT2D eigenvalue weighted by atomic mass is 10.1. The standard InChI is InChI=1S/C24H28N4O2/c1-30-21-10-5-7-19(17-21)11-12-24(29)28-14-6-13-27(15-16-28)23-18-22(25-26-23)20-8-3-2-4-9-20/h2-5,7-10,17-18H,6,11-16H2,1H3,(H,25,26). The molecule has 0 atom stereocenters. The molecule has 0 radical (unpaired) electrons. The molecule has 6 heteroatoms. The van der Waals surface area contributed by atoms with Crippen molar-refractivity contribution in [2.75, 3.05) is 38.2 Å². The van der Waals surface area contributed by atoms with Gasteiger partial charge >= 0.3 is 0 Å². The van der Waals surface area contributed by atoms with Crippen LogP contribution in [0, 0.1) is 0 Å². The maximum absolute atomic E-state index is 12.8. The smallest absolute Gasteiger partial charge is 0.222 e. The summed E-state index contributed by atoms with van der Waals surface area (Å²) in [4.78, 5) is 17.0. The van der Waals surface area contributed by atoms with Crippen LogP contribution in [-0.4, -0.2) is 54.3 Å². The van der Waals surface area contributed by atoms with Crippen molar-refractivity contribution in [2.24, 2.45) is 0 Å². The van der Waals surface area contributed by atoms with E-state index in [0.29, 0.717) is 6.42 Å². The minimum Gasteiger partial charge on any atom is -0.497 e. The molecule has 1 aliphatic heterocycles. The molecule has 0 unspecified atom stereocenters. The van der Waals surface area contributed by atoms with Crippen molar-refractivity contribution in [1.29, 1.82) is 0 Å². The third-order valence-electron chi connectivity index (χ3n) is 5.58. The highest BCUT2D eigenvalue weighted by Crippen LogP contribution is 2.22. The average Bonchev–Trinajstić information content (AvgIpc) is 3.16. The van der Waals surface area contributed by atoms with Crippen LogP contribution in [0.1, 0.15) is 18.4 Å². The lowest BCUT2D eigenvalue weighted by Gasteiger charge is -2.22. The highest BCUT2D eigenvalue weighted by Gasteiger charge is 2.20. The molecular formula is C24H28N4O2. The predicted octanol–water partition coefficient (Wildman–Crippen LogP) is 3.76. The molecule has 1 saturated heterocycles. The number of hydrogen-bond donors (Lipinski definition) is 1. The van der Waals surface area contributed by atoms with E-state index in [2.05, 4.69) is 33.3 Å².